The van der Waals surface area contributed by atoms with Crippen molar-refractivity contribution < 1.29 is 5.11 Å². The van der Waals surface area contributed by atoms with Gasteiger partial charge in [-0.1, -0.05) is 0 Å². The van der Waals surface area contributed by atoms with Crippen LogP contribution in [0.2, 0.25) is 0 Å². The van der Waals surface area contributed by atoms with Gasteiger partial charge in [-0.3, -0.25) is 4.90 Å². The molecule has 0 amide bonds. The summed E-state index contributed by atoms with van der Waals surface area (Å²) < 4.78 is 0. The molecule has 0 aliphatic carbocycles. The van der Waals surface area contributed by atoms with Crippen LogP contribution in [0.15, 0.2) is 16.8 Å². The molecule has 1 fully saturated rings. The van der Waals surface area contributed by atoms with E-state index in [0.29, 0.717) is 12.6 Å². The summed E-state index contributed by atoms with van der Waals surface area (Å²) in [5, 5.41) is 13.3. The molecule has 2 heterocycles. The lowest BCUT2D eigenvalue weighted by molar-refractivity contribution is 0.117. The smallest absolute Gasteiger partial charge is 0.0443 e. The number of aliphatic hydroxyl groups excluding tert-OH is 1. The number of nitrogens with zero attached hydrogens (tertiary/aromatic N) is 2. The number of hydrogen-bond acceptors (Lipinski definition) is 4. The molecule has 0 unspecified atom stereocenters. The minimum Gasteiger partial charge on any atom is -0.396 e. The summed E-state index contributed by atoms with van der Waals surface area (Å²) >= 11 is 1.78. The van der Waals surface area contributed by atoms with Crippen LogP contribution >= 0.6 is 11.3 Å². The number of rotatable bonds is 6. The predicted molar refractivity (Wildman–Crippen MR) is 77.0 cm³/mol. The minimum absolute atomic E-state index is 0.307. The summed E-state index contributed by atoms with van der Waals surface area (Å²) in [5.41, 5.74) is 1.45. The fourth-order valence-electron chi connectivity index (χ4n) is 2.66. The molecule has 2 rings (SSSR count). The van der Waals surface area contributed by atoms with E-state index < -0.39 is 0 Å². The monoisotopic (exact) mass is 268 g/mol. The van der Waals surface area contributed by atoms with Crippen molar-refractivity contribution in [3.05, 3.63) is 22.4 Å². The summed E-state index contributed by atoms with van der Waals surface area (Å²) in [6.45, 7) is 4.83. The summed E-state index contributed by atoms with van der Waals surface area (Å²) in [6, 6.07) is 2.93. The van der Waals surface area contributed by atoms with Crippen LogP contribution < -0.4 is 0 Å². The van der Waals surface area contributed by atoms with Crippen LogP contribution in [0.1, 0.15) is 24.8 Å². The molecule has 1 aliphatic heterocycles. The first-order valence-corrected chi connectivity index (χ1v) is 7.78. The van der Waals surface area contributed by atoms with E-state index in [-0.39, 0.29) is 0 Å². The fourth-order valence-corrected chi connectivity index (χ4v) is 3.32. The number of hydrogen-bond donors (Lipinski definition) is 1. The largest absolute Gasteiger partial charge is 0.396 e. The standard InChI is InChI=1S/C14H24N2OS/c1-15(6-2-9-17)14-3-7-16(8-4-14)11-13-5-10-18-12-13/h5,10,12,14,17H,2-4,6-9,11H2,1H3. The van der Waals surface area contributed by atoms with Gasteiger partial charge in [0, 0.05) is 25.7 Å². The maximum atomic E-state index is 8.87. The summed E-state index contributed by atoms with van der Waals surface area (Å²) in [7, 11) is 2.19. The van der Waals surface area contributed by atoms with Crippen molar-refractivity contribution in [1.82, 2.24) is 9.80 Å². The topological polar surface area (TPSA) is 26.7 Å². The molecule has 4 heteroatoms. The molecule has 0 bridgehead atoms. The van der Waals surface area contributed by atoms with Crippen molar-refractivity contribution in [2.24, 2.45) is 0 Å². The molecule has 0 saturated carbocycles. The highest BCUT2D eigenvalue weighted by molar-refractivity contribution is 7.07. The van der Waals surface area contributed by atoms with Crippen LogP contribution in [0.3, 0.4) is 0 Å². The zero-order valence-electron chi connectivity index (χ0n) is 11.2. The van der Waals surface area contributed by atoms with Crippen molar-refractivity contribution in [1.29, 1.82) is 0 Å². The highest BCUT2D eigenvalue weighted by Gasteiger charge is 2.21. The molecule has 1 saturated heterocycles. The van der Waals surface area contributed by atoms with E-state index >= 15 is 0 Å². The van der Waals surface area contributed by atoms with Crippen LogP contribution in [0.25, 0.3) is 0 Å². The van der Waals surface area contributed by atoms with Crippen molar-refractivity contribution in [3.63, 3.8) is 0 Å². The van der Waals surface area contributed by atoms with Gasteiger partial charge in [-0.2, -0.15) is 11.3 Å². The van der Waals surface area contributed by atoms with E-state index in [0.717, 1.165) is 19.5 Å². The van der Waals surface area contributed by atoms with Crippen molar-refractivity contribution in [2.75, 3.05) is 33.3 Å². The number of aliphatic hydroxyl groups is 1. The summed E-state index contributed by atoms with van der Waals surface area (Å²) in [5.74, 6) is 0. The third-order valence-electron chi connectivity index (χ3n) is 3.84. The third kappa shape index (κ3) is 4.05. The average molecular weight is 268 g/mol. The quantitative estimate of drug-likeness (QED) is 0.855. The zero-order chi connectivity index (χ0) is 12.8. The molecular weight excluding hydrogens is 244 g/mol. The number of piperidine rings is 1. The molecule has 18 heavy (non-hydrogen) atoms. The highest BCUT2D eigenvalue weighted by atomic mass is 32.1. The van der Waals surface area contributed by atoms with E-state index in [4.69, 9.17) is 5.11 Å². The first kappa shape index (κ1) is 14.0. The Morgan fingerprint density at radius 2 is 2.22 bits per heavy atom. The normalized spacial score (nSPS) is 18.6. The van der Waals surface area contributed by atoms with Gasteiger partial charge in [-0.05, 0) is 61.8 Å². The summed E-state index contributed by atoms with van der Waals surface area (Å²) in [6.07, 6.45) is 3.41. The van der Waals surface area contributed by atoms with Gasteiger partial charge in [0.2, 0.25) is 0 Å². The van der Waals surface area contributed by atoms with E-state index in [9.17, 15) is 0 Å². The number of thiophene rings is 1. The maximum absolute atomic E-state index is 8.87. The Morgan fingerprint density at radius 3 is 2.83 bits per heavy atom. The van der Waals surface area contributed by atoms with Crippen LogP contribution in [-0.2, 0) is 6.54 Å². The highest BCUT2D eigenvalue weighted by Crippen LogP contribution is 2.18. The molecule has 0 atom stereocenters. The van der Waals surface area contributed by atoms with Gasteiger partial charge in [-0.15, -0.1) is 0 Å². The van der Waals surface area contributed by atoms with Crippen LogP contribution in [0, 0.1) is 0 Å². The van der Waals surface area contributed by atoms with Gasteiger partial charge in [0.05, 0.1) is 0 Å². The Morgan fingerprint density at radius 1 is 1.44 bits per heavy atom. The zero-order valence-corrected chi connectivity index (χ0v) is 12.0. The Balaban J connectivity index is 1.70. The van der Waals surface area contributed by atoms with E-state index in [2.05, 4.69) is 33.7 Å². The van der Waals surface area contributed by atoms with Gasteiger partial charge in [0.25, 0.3) is 0 Å². The molecule has 0 aromatic carbocycles. The average Bonchev–Trinajstić information content (AvgIpc) is 2.89. The molecule has 1 aliphatic rings. The van der Waals surface area contributed by atoms with E-state index in [1.54, 1.807) is 11.3 Å². The lowest BCUT2D eigenvalue weighted by Crippen LogP contribution is -2.43. The Hall–Kier alpha value is -0.420. The molecule has 1 aromatic heterocycles. The van der Waals surface area contributed by atoms with Gasteiger partial charge >= 0.3 is 0 Å². The molecule has 3 nitrogen and oxygen atoms in total. The molecule has 1 N–H and O–H groups in total. The van der Waals surface area contributed by atoms with Crippen LogP contribution in [0.5, 0.6) is 0 Å². The molecule has 1 aromatic rings. The number of likely N-dealkylation sites (tertiary alicyclic amines) is 1. The SMILES string of the molecule is CN(CCCO)C1CCN(Cc2ccsc2)CC1. The summed E-state index contributed by atoms with van der Waals surface area (Å²) in [4.78, 5) is 4.97. The first-order chi connectivity index (χ1) is 8.79. The van der Waals surface area contributed by atoms with E-state index in [1.165, 1.54) is 31.5 Å². The predicted octanol–water partition coefficient (Wildman–Crippen LogP) is 2.03. The Kier molecular flexibility index (Phi) is 5.63. The third-order valence-corrected chi connectivity index (χ3v) is 4.57. The first-order valence-electron chi connectivity index (χ1n) is 6.84. The second kappa shape index (κ2) is 7.24. The minimum atomic E-state index is 0.307. The second-order valence-corrected chi connectivity index (χ2v) is 5.98. The van der Waals surface area contributed by atoms with Crippen molar-refractivity contribution >= 4 is 11.3 Å². The Bertz CT molecular complexity index is 321. The van der Waals surface area contributed by atoms with E-state index in [1.807, 2.05) is 0 Å². The van der Waals surface area contributed by atoms with Crippen LogP contribution in [-0.4, -0.2) is 54.2 Å². The molecule has 0 spiro atoms. The Labute approximate surface area is 114 Å². The van der Waals surface area contributed by atoms with Crippen LogP contribution in [0.4, 0.5) is 0 Å². The van der Waals surface area contributed by atoms with Gasteiger partial charge < -0.3 is 10.0 Å². The molecular formula is C14H24N2OS. The van der Waals surface area contributed by atoms with Gasteiger partial charge in [0.1, 0.15) is 0 Å². The molecule has 102 valence electrons. The molecule has 0 radical (unpaired) electrons. The van der Waals surface area contributed by atoms with Crippen molar-refractivity contribution in [3.8, 4) is 0 Å². The van der Waals surface area contributed by atoms with Gasteiger partial charge in [-0.25, -0.2) is 0 Å². The maximum Gasteiger partial charge on any atom is 0.0443 e. The second-order valence-electron chi connectivity index (χ2n) is 5.20. The van der Waals surface area contributed by atoms with Gasteiger partial charge in [0.15, 0.2) is 0 Å². The lowest BCUT2D eigenvalue weighted by atomic mass is 10.0. The van der Waals surface area contributed by atoms with Crippen molar-refractivity contribution in [2.45, 2.75) is 31.8 Å². The lowest BCUT2D eigenvalue weighted by Gasteiger charge is -2.36. The fraction of sp³-hybridized carbons (Fsp3) is 0.714.